The van der Waals surface area contributed by atoms with Gasteiger partial charge in [0.2, 0.25) is 5.75 Å². The number of nitrogens with zero attached hydrogens (tertiary/aromatic N) is 2. The number of halogens is 2. The van der Waals surface area contributed by atoms with Crippen LogP contribution in [0.5, 0.6) is 5.75 Å². The van der Waals surface area contributed by atoms with Crippen LogP contribution in [0.25, 0.3) is 0 Å². The number of phenols is 1. The first kappa shape index (κ1) is 18.1. The first-order chi connectivity index (χ1) is 11.2. The molecule has 0 aliphatic heterocycles. The van der Waals surface area contributed by atoms with Crippen LogP contribution in [0, 0.1) is 19.5 Å². The maximum Gasteiger partial charge on any atom is 0.312 e. The zero-order valence-electron chi connectivity index (χ0n) is 11.7. The SMILES string of the molecule is O=[N+]([O-])c1cc(I)cc(C=NNS(=O)(=O)c2ccc(F)cc2)c1O. The largest absolute Gasteiger partial charge is 0.502 e. The monoisotopic (exact) mass is 465 g/mol. The average molecular weight is 465 g/mol. The molecule has 0 saturated carbocycles. The molecular weight excluding hydrogens is 456 g/mol. The molecule has 11 heteroatoms. The Morgan fingerprint density at radius 1 is 1.29 bits per heavy atom. The van der Waals surface area contributed by atoms with E-state index in [0.29, 0.717) is 3.57 Å². The molecule has 0 atom stereocenters. The molecule has 0 heterocycles. The number of nitro groups is 1. The van der Waals surface area contributed by atoms with Crippen LogP contribution in [0.4, 0.5) is 10.1 Å². The summed E-state index contributed by atoms with van der Waals surface area (Å²) >= 11 is 1.81. The predicted molar refractivity (Wildman–Crippen MR) is 91.8 cm³/mol. The van der Waals surface area contributed by atoms with Crippen LogP contribution in [0.3, 0.4) is 0 Å². The van der Waals surface area contributed by atoms with Gasteiger partial charge in [0, 0.05) is 15.2 Å². The Balaban J connectivity index is 2.26. The fraction of sp³-hybridized carbons (Fsp3) is 0. The molecular formula is C13H9FIN3O5S. The standard InChI is InChI=1S/C13H9FIN3O5S/c14-9-1-3-11(4-2-9)24(22,23)17-16-7-8-5-10(15)6-12(13(8)19)18(20)21/h1-7,17,19H. The zero-order chi connectivity index (χ0) is 17.9. The third-order valence-electron chi connectivity index (χ3n) is 2.78. The van der Waals surface area contributed by atoms with Crippen LogP contribution in [0.2, 0.25) is 0 Å². The highest BCUT2D eigenvalue weighted by molar-refractivity contribution is 14.1. The maximum atomic E-state index is 12.8. The lowest BCUT2D eigenvalue weighted by molar-refractivity contribution is -0.386. The average Bonchev–Trinajstić information content (AvgIpc) is 2.50. The van der Waals surface area contributed by atoms with Crippen molar-refractivity contribution in [2.24, 2.45) is 5.10 Å². The van der Waals surface area contributed by atoms with Gasteiger partial charge in [0.05, 0.1) is 16.0 Å². The lowest BCUT2D eigenvalue weighted by Crippen LogP contribution is -2.18. The molecule has 0 unspecified atom stereocenters. The molecule has 2 aromatic rings. The van der Waals surface area contributed by atoms with Crippen molar-refractivity contribution < 1.29 is 22.8 Å². The Labute approximate surface area is 149 Å². The van der Waals surface area contributed by atoms with Crippen molar-refractivity contribution in [1.29, 1.82) is 0 Å². The zero-order valence-corrected chi connectivity index (χ0v) is 14.7. The molecule has 24 heavy (non-hydrogen) atoms. The van der Waals surface area contributed by atoms with E-state index in [4.69, 9.17) is 0 Å². The van der Waals surface area contributed by atoms with Gasteiger partial charge in [-0.05, 0) is 52.9 Å². The van der Waals surface area contributed by atoms with Crippen LogP contribution in [-0.2, 0) is 10.0 Å². The summed E-state index contributed by atoms with van der Waals surface area (Å²) in [7, 11) is -4.03. The van der Waals surface area contributed by atoms with Crippen molar-refractivity contribution in [2.75, 3.05) is 0 Å². The lowest BCUT2D eigenvalue weighted by atomic mass is 10.2. The third-order valence-corrected chi connectivity index (χ3v) is 4.64. The highest BCUT2D eigenvalue weighted by atomic mass is 127. The van der Waals surface area contributed by atoms with Crippen LogP contribution >= 0.6 is 22.6 Å². The van der Waals surface area contributed by atoms with E-state index >= 15 is 0 Å². The highest BCUT2D eigenvalue weighted by Gasteiger charge is 2.18. The van der Waals surface area contributed by atoms with Crippen molar-refractivity contribution in [2.45, 2.75) is 4.90 Å². The number of sulfonamides is 1. The Morgan fingerprint density at radius 3 is 2.50 bits per heavy atom. The summed E-state index contributed by atoms with van der Waals surface area (Å²) in [5.74, 6) is -1.22. The molecule has 0 fully saturated rings. The molecule has 8 nitrogen and oxygen atoms in total. The van der Waals surface area contributed by atoms with Gasteiger partial charge in [0.15, 0.2) is 0 Å². The summed E-state index contributed by atoms with van der Waals surface area (Å²) in [5.41, 5.74) is -0.555. The van der Waals surface area contributed by atoms with E-state index in [2.05, 4.69) is 5.10 Å². The van der Waals surface area contributed by atoms with Crippen LogP contribution in [0.15, 0.2) is 46.4 Å². The first-order valence-electron chi connectivity index (χ1n) is 6.18. The van der Waals surface area contributed by atoms with Gasteiger partial charge < -0.3 is 5.11 Å². The van der Waals surface area contributed by atoms with Gasteiger partial charge in [-0.1, -0.05) is 0 Å². The number of phenolic OH excluding ortho intramolecular Hbond substituents is 1. The number of hydrogen-bond acceptors (Lipinski definition) is 6. The first-order valence-corrected chi connectivity index (χ1v) is 8.74. The van der Waals surface area contributed by atoms with E-state index in [0.717, 1.165) is 36.5 Å². The molecule has 0 aliphatic rings. The maximum absolute atomic E-state index is 12.8. The number of hydrogen-bond donors (Lipinski definition) is 2. The van der Waals surface area contributed by atoms with E-state index in [1.54, 1.807) is 0 Å². The minimum absolute atomic E-state index is 0.0320. The molecule has 0 radical (unpaired) electrons. The Hall–Kier alpha value is -2.28. The highest BCUT2D eigenvalue weighted by Crippen LogP contribution is 2.30. The van der Waals surface area contributed by atoms with Crippen LogP contribution in [0.1, 0.15) is 5.56 Å². The van der Waals surface area contributed by atoms with Crippen molar-refractivity contribution in [3.05, 3.63) is 61.5 Å². The van der Waals surface area contributed by atoms with Gasteiger partial charge >= 0.3 is 5.69 Å². The van der Waals surface area contributed by atoms with E-state index in [-0.39, 0.29) is 10.5 Å². The molecule has 2 aromatic carbocycles. The molecule has 0 saturated heterocycles. The fourth-order valence-corrected chi connectivity index (χ4v) is 3.10. The van der Waals surface area contributed by atoms with Crippen LogP contribution in [-0.4, -0.2) is 24.7 Å². The second-order valence-corrected chi connectivity index (χ2v) is 7.33. The second kappa shape index (κ2) is 7.09. The van der Waals surface area contributed by atoms with Crippen molar-refractivity contribution in [3.8, 4) is 5.75 Å². The van der Waals surface area contributed by atoms with E-state index in [1.807, 2.05) is 27.4 Å². The van der Waals surface area contributed by atoms with E-state index < -0.39 is 32.2 Å². The smallest absolute Gasteiger partial charge is 0.312 e. The minimum Gasteiger partial charge on any atom is -0.502 e. The lowest BCUT2D eigenvalue weighted by Gasteiger charge is -2.04. The number of nitro benzene ring substituents is 1. The van der Waals surface area contributed by atoms with Gasteiger partial charge in [-0.15, -0.1) is 0 Å². The van der Waals surface area contributed by atoms with Gasteiger partial charge in [-0.3, -0.25) is 10.1 Å². The van der Waals surface area contributed by atoms with Gasteiger partial charge in [0.1, 0.15) is 5.82 Å². The number of hydrazone groups is 1. The molecule has 126 valence electrons. The van der Waals surface area contributed by atoms with Crippen LogP contribution < -0.4 is 4.83 Å². The summed E-state index contributed by atoms with van der Waals surface area (Å²) in [6.45, 7) is 0. The number of benzene rings is 2. The second-order valence-electron chi connectivity index (χ2n) is 4.43. The molecule has 0 spiro atoms. The molecule has 0 amide bonds. The van der Waals surface area contributed by atoms with Crippen molar-refractivity contribution in [3.63, 3.8) is 0 Å². The van der Waals surface area contributed by atoms with Gasteiger partial charge in [-0.2, -0.15) is 13.5 Å². The minimum atomic E-state index is -4.03. The quantitative estimate of drug-likeness (QED) is 0.304. The normalized spacial score (nSPS) is 11.6. The van der Waals surface area contributed by atoms with Crippen molar-refractivity contribution >= 4 is 44.5 Å². The Bertz CT molecular complexity index is 916. The topological polar surface area (TPSA) is 122 Å². The molecule has 0 aromatic heterocycles. The third kappa shape index (κ3) is 4.17. The molecule has 0 aliphatic carbocycles. The summed E-state index contributed by atoms with van der Waals surface area (Å²) in [6.07, 6.45) is 0.936. The Morgan fingerprint density at radius 2 is 1.92 bits per heavy atom. The van der Waals surface area contributed by atoms with E-state index in [1.165, 1.54) is 6.07 Å². The molecule has 2 N–H and O–H groups in total. The predicted octanol–water partition coefficient (Wildman–Crippen LogP) is 2.36. The van der Waals surface area contributed by atoms with Gasteiger partial charge in [-0.25, -0.2) is 9.22 Å². The number of aromatic hydroxyl groups is 1. The van der Waals surface area contributed by atoms with E-state index in [9.17, 15) is 28.0 Å². The number of nitrogens with one attached hydrogen (secondary N) is 1. The van der Waals surface area contributed by atoms with Gasteiger partial charge in [0.25, 0.3) is 10.0 Å². The molecule has 0 bridgehead atoms. The summed E-state index contributed by atoms with van der Waals surface area (Å²) in [6, 6.07) is 6.62. The number of rotatable bonds is 5. The Kier molecular flexibility index (Phi) is 5.33. The fourth-order valence-electron chi connectivity index (χ4n) is 1.67. The summed E-state index contributed by atoms with van der Waals surface area (Å²) < 4.78 is 37.1. The molecule has 2 rings (SSSR count). The van der Waals surface area contributed by atoms with Crippen molar-refractivity contribution in [1.82, 2.24) is 4.83 Å². The summed E-state index contributed by atoms with van der Waals surface area (Å²) in [5, 5.41) is 24.1. The summed E-state index contributed by atoms with van der Waals surface area (Å²) in [4.78, 5) is 11.7.